The number of esters is 1. The summed E-state index contributed by atoms with van der Waals surface area (Å²) in [5.41, 5.74) is -3.22. The first kappa shape index (κ1) is 15.0. The van der Waals surface area contributed by atoms with Gasteiger partial charge in [-0.15, -0.1) is 6.58 Å². The Morgan fingerprint density at radius 1 is 1.38 bits per heavy atom. The number of carbonyl (C=O) groups is 2. The van der Waals surface area contributed by atoms with Gasteiger partial charge >= 0.3 is 5.97 Å². The van der Waals surface area contributed by atoms with Crippen LogP contribution in [-0.2, 0) is 14.3 Å². The molecule has 0 aromatic heterocycles. The first-order valence-corrected chi connectivity index (χ1v) is 6.39. The van der Waals surface area contributed by atoms with Crippen LogP contribution >= 0.6 is 0 Å². The zero-order valence-electron chi connectivity index (χ0n) is 11.6. The molecule has 1 aromatic rings. The number of ether oxygens (including phenoxy) is 1. The second-order valence-electron chi connectivity index (χ2n) is 5.17. The Morgan fingerprint density at radius 3 is 2.57 bits per heavy atom. The SMILES string of the molecule is C=C[C@@]1(C)COC(=O)[C@@]1(O)C(=O)/C=C(\O)c1ccccc1. The number of hydrogen-bond acceptors (Lipinski definition) is 5. The molecule has 1 aliphatic rings. The van der Waals surface area contributed by atoms with Gasteiger partial charge in [0.1, 0.15) is 12.4 Å². The molecule has 0 bridgehead atoms. The molecule has 21 heavy (non-hydrogen) atoms. The highest BCUT2D eigenvalue weighted by Crippen LogP contribution is 2.41. The molecule has 0 unspecified atom stereocenters. The fourth-order valence-electron chi connectivity index (χ4n) is 2.17. The molecule has 1 aliphatic heterocycles. The summed E-state index contributed by atoms with van der Waals surface area (Å²) in [6.07, 6.45) is 2.15. The van der Waals surface area contributed by atoms with Crippen LogP contribution in [0.3, 0.4) is 0 Å². The number of aliphatic hydroxyl groups is 2. The predicted molar refractivity (Wildman–Crippen MR) is 76.3 cm³/mol. The van der Waals surface area contributed by atoms with E-state index in [0.29, 0.717) is 5.56 Å². The molecule has 110 valence electrons. The maximum atomic E-state index is 12.3. The molecule has 5 nitrogen and oxygen atoms in total. The van der Waals surface area contributed by atoms with Gasteiger partial charge in [0.15, 0.2) is 0 Å². The van der Waals surface area contributed by atoms with Crippen molar-refractivity contribution in [3.05, 3.63) is 54.6 Å². The Morgan fingerprint density at radius 2 is 2.00 bits per heavy atom. The molecule has 1 heterocycles. The number of benzene rings is 1. The highest BCUT2D eigenvalue weighted by Gasteiger charge is 2.62. The van der Waals surface area contributed by atoms with Gasteiger partial charge in [-0.05, 0) is 6.92 Å². The van der Waals surface area contributed by atoms with Gasteiger partial charge in [0.05, 0.1) is 5.41 Å². The van der Waals surface area contributed by atoms with Gasteiger partial charge in [-0.1, -0.05) is 36.4 Å². The van der Waals surface area contributed by atoms with Crippen molar-refractivity contribution in [2.24, 2.45) is 5.41 Å². The van der Waals surface area contributed by atoms with Crippen molar-refractivity contribution < 1.29 is 24.5 Å². The average molecular weight is 288 g/mol. The summed E-state index contributed by atoms with van der Waals surface area (Å²) in [6, 6.07) is 8.34. The molecule has 1 saturated heterocycles. The van der Waals surface area contributed by atoms with Crippen molar-refractivity contribution in [1.82, 2.24) is 0 Å². The van der Waals surface area contributed by atoms with Gasteiger partial charge in [0, 0.05) is 11.6 Å². The molecule has 0 spiro atoms. The molecular formula is C16H16O5. The van der Waals surface area contributed by atoms with E-state index < -0.39 is 22.8 Å². The largest absolute Gasteiger partial charge is 0.507 e. The van der Waals surface area contributed by atoms with Crippen molar-refractivity contribution in [3.63, 3.8) is 0 Å². The highest BCUT2D eigenvalue weighted by atomic mass is 16.6. The van der Waals surface area contributed by atoms with Crippen LogP contribution in [0.5, 0.6) is 0 Å². The average Bonchev–Trinajstić information content (AvgIpc) is 2.74. The first-order valence-electron chi connectivity index (χ1n) is 6.39. The number of cyclic esters (lactones) is 1. The third-order valence-corrected chi connectivity index (χ3v) is 3.77. The van der Waals surface area contributed by atoms with E-state index >= 15 is 0 Å². The van der Waals surface area contributed by atoms with Gasteiger partial charge < -0.3 is 14.9 Å². The third-order valence-electron chi connectivity index (χ3n) is 3.77. The van der Waals surface area contributed by atoms with Gasteiger partial charge in [0.25, 0.3) is 0 Å². The van der Waals surface area contributed by atoms with E-state index in [1.54, 1.807) is 30.3 Å². The molecule has 2 N–H and O–H groups in total. The molecular weight excluding hydrogens is 272 g/mol. The van der Waals surface area contributed by atoms with Gasteiger partial charge in [-0.25, -0.2) is 4.79 Å². The monoisotopic (exact) mass is 288 g/mol. The fourth-order valence-corrected chi connectivity index (χ4v) is 2.17. The van der Waals surface area contributed by atoms with Crippen LogP contribution in [0.15, 0.2) is 49.1 Å². The second kappa shape index (κ2) is 5.18. The maximum absolute atomic E-state index is 12.3. The van der Waals surface area contributed by atoms with Crippen LogP contribution in [0, 0.1) is 5.41 Å². The minimum absolute atomic E-state index is 0.141. The number of carbonyl (C=O) groups excluding carboxylic acids is 2. The predicted octanol–water partition coefficient (Wildman–Crippen LogP) is 1.63. The summed E-state index contributed by atoms with van der Waals surface area (Å²) in [7, 11) is 0. The van der Waals surface area contributed by atoms with Crippen LogP contribution in [0.2, 0.25) is 0 Å². The van der Waals surface area contributed by atoms with E-state index in [1.807, 2.05) is 0 Å². The molecule has 2 rings (SSSR count). The lowest BCUT2D eigenvalue weighted by Crippen LogP contribution is -2.53. The van der Waals surface area contributed by atoms with Gasteiger partial charge in [-0.3, -0.25) is 4.79 Å². The summed E-state index contributed by atoms with van der Waals surface area (Å²) in [5.74, 6) is -2.30. The van der Waals surface area contributed by atoms with E-state index in [2.05, 4.69) is 6.58 Å². The Balaban J connectivity index is 2.39. The van der Waals surface area contributed by atoms with Crippen LogP contribution < -0.4 is 0 Å². The second-order valence-corrected chi connectivity index (χ2v) is 5.17. The quantitative estimate of drug-likeness (QED) is 0.289. The summed E-state index contributed by atoms with van der Waals surface area (Å²) < 4.78 is 4.79. The lowest BCUT2D eigenvalue weighted by molar-refractivity contribution is -0.160. The number of hydrogen-bond donors (Lipinski definition) is 2. The Hall–Kier alpha value is -2.40. The topological polar surface area (TPSA) is 83.8 Å². The smallest absolute Gasteiger partial charge is 0.347 e. The van der Waals surface area contributed by atoms with Crippen LogP contribution in [0.25, 0.3) is 5.76 Å². The molecule has 0 aliphatic carbocycles. The fraction of sp³-hybridized carbons (Fsp3) is 0.250. The van der Waals surface area contributed by atoms with Crippen molar-refractivity contribution >= 4 is 17.5 Å². The summed E-state index contributed by atoms with van der Waals surface area (Å²) in [5, 5.41) is 20.4. The number of rotatable bonds is 4. The molecule has 0 amide bonds. The van der Waals surface area contributed by atoms with Crippen molar-refractivity contribution in [3.8, 4) is 0 Å². The summed E-state index contributed by atoms with van der Waals surface area (Å²) >= 11 is 0. The van der Waals surface area contributed by atoms with E-state index in [0.717, 1.165) is 6.08 Å². The number of ketones is 1. The normalized spacial score (nSPS) is 29.0. The van der Waals surface area contributed by atoms with Crippen LogP contribution in [-0.4, -0.2) is 34.2 Å². The summed E-state index contributed by atoms with van der Waals surface area (Å²) in [6.45, 7) is 4.89. The highest BCUT2D eigenvalue weighted by molar-refractivity contribution is 6.16. The minimum Gasteiger partial charge on any atom is -0.507 e. The standard InChI is InChI=1S/C16H16O5/c1-3-15(2)10-21-14(19)16(15,20)13(18)9-12(17)11-7-5-4-6-8-11/h3-9,17,20H,1,10H2,2H3/b12-9-/t15-,16-/m0/s1. The third kappa shape index (κ3) is 2.25. The Labute approximate surface area is 122 Å². The molecule has 5 heteroatoms. The van der Waals surface area contributed by atoms with Gasteiger partial charge in [0.2, 0.25) is 11.4 Å². The van der Waals surface area contributed by atoms with E-state index in [-0.39, 0.29) is 12.4 Å². The lowest BCUT2D eigenvalue weighted by Gasteiger charge is -2.29. The van der Waals surface area contributed by atoms with E-state index in [9.17, 15) is 19.8 Å². The molecule has 2 atom stereocenters. The minimum atomic E-state index is -2.38. The van der Waals surface area contributed by atoms with E-state index in [1.165, 1.54) is 13.0 Å². The van der Waals surface area contributed by atoms with Crippen molar-refractivity contribution in [2.75, 3.05) is 6.61 Å². The molecule has 0 radical (unpaired) electrons. The van der Waals surface area contributed by atoms with E-state index in [4.69, 9.17) is 4.74 Å². The molecule has 1 fully saturated rings. The first-order chi connectivity index (χ1) is 9.85. The van der Waals surface area contributed by atoms with Crippen molar-refractivity contribution in [2.45, 2.75) is 12.5 Å². The van der Waals surface area contributed by atoms with Crippen LogP contribution in [0.4, 0.5) is 0 Å². The van der Waals surface area contributed by atoms with Gasteiger partial charge in [-0.2, -0.15) is 0 Å². The maximum Gasteiger partial charge on any atom is 0.347 e. The Bertz CT molecular complexity index is 619. The van der Waals surface area contributed by atoms with Crippen molar-refractivity contribution in [1.29, 1.82) is 0 Å². The lowest BCUT2D eigenvalue weighted by atomic mass is 9.73. The molecule has 0 saturated carbocycles. The zero-order chi connectivity index (χ0) is 15.7. The van der Waals surface area contributed by atoms with Crippen LogP contribution in [0.1, 0.15) is 12.5 Å². The Kier molecular flexibility index (Phi) is 3.70. The summed E-state index contributed by atoms with van der Waals surface area (Å²) in [4.78, 5) is 24.1. The zero-order valence-corrected chi connectivity index (χ0v) is 11.6. The molecule has 1 aromatic carbocycles. The number of aliphatic hydroxyl groups excluding tert-OH is 1.